The van der Waals surface area contributed by atoms with Gasteiger partial charge in [0.15, 0.2) is 6.10 Å². The number of imide groups is 1. The van der Waals surface area contributed by atoms with E-state index in [0.29, 0.717) is 17.7 Å². The number of carbonyl (C=O) groups is 4. The highest BCUT2D eigenvalue weighted by Gasteiger charge is 2.38. The Bertz CT molecular complexity index is 1460. The zero-order chi connectivity index (χ0) is 30.1. The van der Waals surface area contributed by atoms with Crippen LogP contribution in [0.15, 0.2) is 48.7 Å². The van der Waals surface area contributed by atoms with Gasteiger partial charge in [0.25, 0.3) is 11.8 Å². The van der Waals surface area contributed by atoms with Crippen molar-refractivity contribution in [3.8, 4) is 0 Å². The molecule has 41 heavy (non-hydrogen) atoms. The average molecular weight is 583 g/mol. The van der Waals surface area contributed by atoms with Crippen LogP contribution in [0.2, 0.25) is 0 Å². The molecular weight excluding hydrogens is 560 g/mol. The van der Waals surface area contributed by atoms with Gasteiger partial charge in [0, 0.05) is 42.2 Å². The topological polar surface area (TPSA) is 109 Å². The van der Waals surface area contributed by atoms with Crippen molar-refractivity contribution in [2.75, 3.05) is 7.05 Å². The molecule has 1 aliphatic rings. The lowest BCUT2D eigenvalue weighted by Crippen LogP contribution is -2.39. The molecule has 0 spiro atoms. The van der Waals surface area contributed by atoms with Crippen molar-refractivity contribution in [2.45, 2.75) is 50.2 Å². The average Bonchev–Trinajstić information content (AvgIpc) is 3.45. The maximum atomic E-state index is 13.4. The van der Waals surface area contributed by atoms with Crippen LogP contribution in [0.4, 0.5) is 26.3 Å². The number of likely N-dealkylation sites (N-methyl/N-ethyl adjacent to an activating group) is 1. The van der Waals surface area contributed by atoms with Crippen LogP contribution in [0.3, 0.4) is 0 Å². The Morgan fingerprint density at radius 1 is 1.02 bits per heavy atom. The Hall–Kier alpha value is -4.36. The molecule has 14 heteroatoms. The van der Waals surface area contributed by atoms with Crippen molar-refractivity contribution in [2.24, 2.45) is 0 Å². The molecular formula is C27H23F6N3O5. The molecule has 2 N–H and O–H groups in total. The highest BCUT2D eigenvalue weighted by atomic mass is 19.4. The van der Waals surface area contributed by atoms with Gasteiger partial charge in [0.1, 0.15) is 0 Å². The Kier molecular flexibility index (Phi) is 8.13. The smallest absolute Gasteiger partial charge is 0.416 e. The number of H-pyrrole nitrogens is 1. The molecule has 0 bridgehead atoms. The largest absolute Gasteiger partial charge is 0.452 e. The molecule has 218 valence electrons. The lowest BCUT2D eigenvalue weighted by molar-refractivity contribution is -0.154. The second-order valence-electron chi connectivity index (χ2n) is 9.56. The normalized spacial score (nSPS) is 16.5. The third kappa shape index (κ3) is 6.87. The number of carbonyl (C=O) groups excluding carboxylic acids is 4. The van der Waals surface area contributed by atoms with Crippen LogP contribution in [0, 0.1) is 0 Å². The third-order valence-corrected chi connectivity index (χ3v) is 6.71. The predicted molar refractivity (Wildman–Crippen MR) is 131 cm³/mol. The first-order valence-corrected chi connectivity index (χ1v) is 12.3. The predicted octanol–water partition coefficient (Wildman–Crippen LogP) is 4.63. The Balaban J connectivity index is 1.61. The van der Waals surface area contributed by atoms with Gasteiger partial charge in [0.2, 0.25) is 5.91 Å². The molecule has 1 aromatic heterocycles. The third-order valence-electron chi connectivity index (χ3n) is 6.71. The van der Waals surface area contributed by atoms with Gasteiger partial charge in [-0.3, -0.25) is 24.5 Å². The number of aromatic amines is 1. The molecule has 2 aromatic carbocycles. The molecule has 0 aliphatic carbocycles. The molecule has 0 saturated carbocycles. The van der Waals surface area contributed by atoms with Gasteiger partial charge in [-0.15, -0.1) is 0 Å². The number of fused-ring (bicyclic) bond motifs is 1. The van der Waals surface area contributed by atoms with Crippen LogP contribution < -0.4 is 5.32 Å². The summed E-state index contributed by atoms with van der Waals surface area (Å²) in [6.07, 6.45) is -10.7. The van der Waals surface area contributed by atoms with Crippen LogP contribution in [-0.4, -0.2) is 52.8 Å². The molecule has 1 saturated heterocycles. The number of aromatic nitrogens is 1. The number of para-hydroxylation sites is 1. The fourth-order valence-electron chi connectivity index (χ4n) is 4.56. The van der Waals surface area contributed by atoms with E-state index in [0.717, 1.165) is 15.8 Å². The summed E-state index contributed by atoms with van der Waals surface area (Å²) in [6.45, 7) is 0. The number of esters is 1. The fraction of sp³-hybridized carbons (Fsp3) is 0.333. The minimum absolute atomic E-state index is 0.0693. The van der Waals surface area contributed by atoms with Gasteiger partial charge in [0.05, 0.1) is 17.5 Å². The van der Waals surface area contributed by atoms with Crippen molar-refractivity contribution in [3.63, 3.8) is 0 Å². The van der Waals surface area contributed by atoms with Gasteiger partial charge < -0.3 is 14.6 Å². The summed E-state index contributed by atoms with van der Waals surface area (Å²) in [4.78, 5) is 52.9. The Labute approximate surface area is 228 Å². The second kappa shape index (κ2) is 11.3. The van der Waals surface area contributed by atoms with E-state index in [1.807, 2.05) is 5.32 Å². The Morgan fingerprint density at radius 3 is 2.24 bits per heavy atom. The van der Waals surface area contributed by atoms with E-state index in [4.69, 9.17) is 4.74 Å². The molecule has 1 aliphatic heterocycles. The number of ether oxygens (including phenoxy) is 1. The summed E-state index contributed by atoms with van der Waals surface area (Å²) < 4.78 is 85.4. The summed E-state index contributed by atoms with van der Waals surface area (Å²) in [5.41, 5.74) is -2.67. The lowest BCUT2D eigenvalue weighted by atomic mass is 9.98. The maximum Gasteiger partial charge on any atom is 0.416 e. The van der Waals surface area contributed by atoms with Crippen molar-refractivity contribution in [1.82, 2.24) is 15.2 Å². The number of hydrogen-bond acceptors (Lipinski definition) is 5. The molecule has 4 rings (SSSR count). The first-order chi connectivity index (χ1) is 19.1. The van der Waals surface area contributed by atoms with E-state index < -0.39 is 64.9 Å². The van der Waals surface area contributed by atoms with Crippen LogP contribution in [0.1, 0.15) is 46.3 Å². The summed E-state index contributed by atoms with van der Waals surface area (Å²) in [5, 5.41) is 2.76. The van der Waals surface area contributed by atoms with Crippen molar-refractivity contribution < 1.29 is 50.3 Å². The van der Waals surface area contributed by atoms with Crippen molar-refractivity contribution in [3.05, 3.63) is 70.9 Å². The number of halogens is 6. The van der Waals surface area contributed by atoms with Crippen LogP contribution in [0.5, 0.6) is 0 Å². The van der Waals surface area contributed by atoms with E-state index >= 15 is 0 Å². The number of amides is 3. The molecule has 2 unspecified atom stereocenters. The number of hydrogen-bond donors (Lipinski definition) is 2. The van der Waals surface area contributed by atoms with Gasteiger partial charge in [-0.05, 0) is 42.7 Å². The highest BCUT2D eigenvalue weighted by Crippen LogP contribution is 2.37. The van der Waals surface area contributed by atoms with E-state index in [1.54, 1.807) is 30.5 Å². The van der Waals surface area contributed by atoms with E-state index in [9.17, 15) is 45.5 Å². The summed E-state index contributed by atoms with van der Waals surface area (Å²) >= 11 is 0. The molecule has 3 aromatic rings. The van der Waals surface area contributed by atoms with Gasteiger partial charge in [-0.1, -0.05) is 18.2 Å². The first kappa shape index (κ1) is 29.6. The maximum absolute atomic E-state index is 13.4. The monoisotopic (exact) mass is 583 g/mol. The number of nitrogens with one attached hydrogen (secondary N) is 2. The zero-order valence-electron chi connectivity index (χ0n) is 21.4. The highest BCUT2D eigenvalue weighted by molar-refractivity contribution is 6.05. The molecule has 8 nitrogen and oxygen atoms in total. The van der Waals surface area contributed by atoms with Crippen LogP contribution >= 0.6 is 0 Å². The van der Waals surface area contributed by atoms with Crippen LogP contribution in [-0.2, 0) is 37.9 Å². The molecule has 3 amide bonds. The van der Waals surface area contributed by atoms with Crippen molar-refractivity contribution >= 4 is 34.6 Å². The van der Waals surface area contributed by atoms with Gasteiger partial charge >= 0.3 is 18.3 Å². The van der Waals surface area contributed by atoms with E-state index in [1.165, 1.54) is 7.05 Å². The summed E-state index contributed by atoms with van der Waals surface area (Å²) in [6, 6.07) is 6.85. The van der Waals surface area contributed by atoms with E-state index in [2.05, 4.69) is 4.98 Å². The lowest BCUT2D eigenvalue weighted by Gasteiger charge is -2.29. The van der Waals surface area contributed by atoms with Gasteiger partial charge in [-0.25, -0.2) is 0 Å². The SMILES string of the molecule is CN(C(=O)c1cc(C(F)(F)F)cc(C(F)(F)F)c1)C(CCC(=O)OC1CC(=O)NC1=O)Cc1c[nH]c2ccccc12. The number of rotatable bonds is 8. The summed E-state index contributed by atoms with van der Waals surface area (Å²) in [7, 11) is 1.21. The number of nitrogens with zero attached hydrogens (tertiary/aromatic N) is 1. The minimum Gasteiger partial charge on any atom is -0.452 e. The molecule has 0 radical (unpaired) electrons. The molecule has 1 fully saturated rings. The van der Waals surface area contributed by atoms with E-state index in [-0.39, 0.29) is 31.7 Å². The standard InChI is InChI=1S/C27H23F6N3O5/c1-36(25(40)14-8-16(26(28,29)30)11-17(9-14)27(31,32)33)18(10-15-13-34-20-5-3-2-4-19(15)20)6-7-23(38)41-21-12-22(37)35-24(21)39/h2-5,8-9,11,13,18,21,34H,6-7,10,12H2,1H3,(H,35,37,39). The number of alkyl halides is 6. The number of benzene rings is 2. The quantitative estimate of drug-likeness (QED) is 0.229. The molecule has 2 atom stereocenters. The zero-order valence-corrected chi connectivity index (χ0v) is 21.4. The summed E-state index contributed by atoms with van der Waals surface area (Å²) in [5.74, 6) is -3.39. The van der Waals surface area contributed by atoms with Crippen LogP contribution in [0.25, 0.3) is 10.9 Å². The fourth-order valence-corrected chi connectivity index (χ4v) is 4.56. The van der Waals surface area contributed by atoms with Gasteiger partial charge in [-0.2, -0.15) is 26.3 Å². The second-order valence-corrected chi connectivity index (χ2v) is 9.56. The molecule has 2 heterocycles. The Morgan fingerprint density at radius 2 is 1.66 bits per heavy atom. The minimum atomic E-state index is -5.14. The first-order valence-electron chi connectivity index (χ1n) is 12.3. The van der Waals surface area contributed by atoms with Crippen molar-refractivity contribution in [1.29, 1.82) is 0 Å².